The van der Waals surface area contributed by atoms with Crippen LogP contribution in [0.2, 0.25) is 0 Å². The van der Waals surface area contributed by atoms with Crippen molar-refractivity contribution in [3.05, 3.63) is 0 Å². The van der Waals surface area contributed by atoms with E-state index in [4.69, 9.17) is 0 Å². The van der Waals surface area contributed by atoms with E-state index in [-0.39, 0.29) is 24.0 Å². The normalized spacial score (nSPS) is 11.6. The quantitative estimate of drug-likeness (QED) is 0.0731. The Hall–Kier alpha value is 0.690. The largest absolute Gasteiger partial charge is 1.00 e. The maximum absolute atomic E-state index is 2.36. The second-order valence-electron chi connectivity index (χ2n) is 9.89. The lowest BCUT2D eigenvalue weighted by atomic mass is 10.1. The number of rotatable bonds is 24. The lowest BCUT2D eigenvalue weighted by Crippen LogP contribution is -3.00. The van der Waals surface area contributed by atoms with Crippen LogP contribution >= 0.6 is 0 Å². The van der Waals surface area contributed by atoms with E-state index >= 15 is 0 Å². The Bertz CT molecular complexity index is 275. The number of nitrogens with zero attached hydrogens (tertiary/aromatic N) is 1. The van der Waals surface area contributed by atoms with Crippen LogP contribution in [0.25, 0.3) is 0 Å². The van der Waals surface area contributed by atoms with Gasteiger partial charge in [-0.05, 0) is 51.4 Å². The molecular formula is C28H60IN. The molecular weight excluding hydrogens is 477 g/mol. The fourth-order valence-electron chi connectivity index (χ4n) is 4.87. The number of halogens is 1. The van der Waals surface area contributed by atoms with Crippen LogP contribution in [0.5, 0.6) is 0 Å². The Morgan fingerprint density at radius 2 is 0.500 bits per heavy atom. The number of quaternary nitrogens is 1. The molecule has 0 saturated heterocycles. The van der Waals surface area contributed by atoms with Crippen LogP contribution in [-0.2, 0) is 0 Å². The van der Waals surface area contributed by atoms with Gasteiger partial charge in [0.1, 0.15) is 0 Å². The van der Waals surface area contributed by atoms with Gasteiger partial charge in [-0.15, -0.1) is 0 Å². The highest BCUT2D eigenvalue weighted by Gasteiger charge is 2.25. The zero-order chi connectivity index (χ0) is 21.5. The molecule has 0 N–H and O–H groups in total. The van der Waals surface area contributed by atoms with Gasteiger partial charge in [0.25, 0.3) is 0 Å². The molecule has 1 nitrogen and oxygen atoms in total. The van der Waals surface area contributed by atoms with Gasteiger partial charge in [0.2, 0.25) is 0 Å². The Kier molecular flexibility index (Phi) is 28.4. The van der Waals surface area contributed by atoms with Crippen molar-refractivity contribution in [3.63, 3.8) is 0 Å². The van der Waals surface area contributed by atoms with Crippen LogP contribution in [0, 0.1) is 0 Å². The third-order valence-corrected chi connectivity index (χ3v) is 6.94. The van der Waals surface area contributed by atoms with Gasteiger partial charge in [-0.2, -0.15) is 0 Å². The molecule has 0 aromatic rings. The van der Waals surface area contributed by atoms with E-state index in [0.717, 1.165) is 0 Å². The van der Waals surface area contributed by atoms with Crippen molar-refractivity contribution in [3.8, 4) is 0 Å². The third-order valence-electron chi connectivity index (χ3n) is 6.94. The molecule has 0 atom stereocenters. The van der Waals surface area contributed by atoms with Crippen molar-refractivity contribution >= 4 is 0 Å². The maximum Gasteiger partial charge on any atom is 0.0786 e. The van der Waals surface area contributed by atoms with Crippen LogP contribution in [-0.4, -0.2) is 30.7 Å². The zero-order valence-corrected chi connectivity index (χ0v) is 24.0. The predicted molar refractivity (Wildman–Crippen MR) is 135 cm³/mol. The predicted octanol–water partition coefficient (Wildman–Crippen LogP) is 6.69. The Morgan fingerprint density at radius 3 is 0.800 bits per heavy atom. The molecule has 0 saturated carbocycles. The van der Waals surface area contributed by atoms with Gasteiger partial charge in [-0.3, -0.25) is 0 Å². The lowest BCUT2D eigenvalue weighted by molar-refractivity contribution is -0.929. The molecule has 0 aromatic carbocycles. The molecule has 0 amide bonds. The second kappa shape index (κ2) is 25.9. The molecule has 0 fully saturated rings. The van der Waals surface area contributed by atoms with Crippen molar-refractivity contribution < 1.29 is 28.5 Å². The molecule has 0 aliphatic heterocycles. The first kappa shape index (κ1) is 32.9. The SMILES string of the molecule is CCCCCCCCC[N+](CCCCC)(CCCCC)CCCCCCCCC.[I-]. The van der Waals surface area contributed by atoms with Crippen LogP contribution < -0.4 is 24.0 Å². The number of unbranched alkanes of at least 4 members (excludes halogenated alkanes) is 16. The first-order chi connectivity index (χ1) is 14.2. The molecule has 0 spiro atoms. The van der Waals surface area contributed by atoms with Gasteiger partial charge in [0.05, 0.1) is 26.2 Å². The standard InChI is InChI=1S/C28H60N.HI/c1-5-9-13-15-17-19-23-27-29(25-21-11-7-3,26-22-12-8-4)28-24-20-18-16-14-10-6-2;/h5-28H2,1-4H3;1H/q+1;/p-1. The van der Waals surface area contributed by atoms with E-state index in [2.05, 4.69) is 27.7 Å². The average Bonchev–Trinajstić information content (AvgIpc) is 2.73. The molecule has 0 aliphatic rings. The highest BCUT2D eigenvalue weighted by molar-refractivity contribution is 4.54. The van der Waals surface area contributed by atoms with Gasteiger partial charge >= 0.3 is 0 Å². The van der Waals surface area contributed by atoms with E-state index in [1.54, 1.807) is 0 Å². The van der Waals surface area contributed by atoms with Gasteiger partial charge in [0, 0.05) is 0 Å². The van der Waals surface area contributed by atoms with Gasteiger partial charge in [-0.1, -0.05) is 105 Å². The third kappa shape index (κ3) is 20.6. The van der Waals surface area contributed by atoms with E-state index in [0.29, 0.717) is 0 Å². The smallest absolute Gasteiger partial charge is 0.0786 e. The Balaban J connectivity index is 0. The minimum absolute atomic E-state index is 0. The molecule has 184 valence electrons. The monoisotopic (exact) mass is 537 g/mol. The summed E-state index contributed by atoms with van der Waals surface area (Å²) in [5, 5.41) is 0. The fraction of sp³-hybridized carbons (Fsp3) is 1.00. The summed E-state index contributed by atoms with van der Waals surface area (Å²) in [5.74, 6) is 0. The zero-order valence-electron chi connectivity index (χ0n) is 21.8. The second-order valence-corrected chi connectivity index (χ2v) is 9.89. The highest BCUT2D eigenvalue weighted by atomic mass is 127. The van der Waals surface area contributed by atoms with Crippen molar-refractivity contribution in [2.75, 3.05) is 26.2 Å². The van der Waals surface area contributed by atoms with E-state index in [1.165, 1.54) is 159 Å². The molecule has 2 heteroatoms. The van der Waals surface area contributed by atoms with Crippen molar-refractivity contribution in [1.29, 1.82) is 0 Å². The van der Waals surface area contributed by atoms with E-state index < -0.39 is 0 Å². The number of hydrogen-bond donors (Lipinski definition) is 0. The lowest BCUT2D eigenvalue weighted by Gasteiger charge is -2.39. The number of hydrogen-bond acceptors (Lipinski definition) is 0. The fourth-order valence-corrected chi connectivity index (χ4v) is 4.87. The minimum Gasteiger partial charge on any atom is -1.00 e. The summed E-state index contributed by atoms with van der Waals surface area (Å²) in [6.45, 7) is 15.2. The van der Waals surface area contributed by atoms with E-state index in [1.807, 2.05) is 0 Å². The summed E-state index contributed by atoms with van der Waals surface area (Å²) in [4.78, 5) is 0. The van der Waals surface area contributed by atoms with Crippen LogP contribution in [0.4, 0.5) is 0 Å². The molecule has 30 heavy (non-hydrogen) atoms. The van der Waals surface area contributed by atoms with Crippen LogP contribution in [0.15, 0.2) is 0 Å². The summed E-state index contributed by atoms with van der Waals surface area (Å²) in [6, 6.07) is 0. The van der Waals surface area contributed by atoms with Crippen molar-refractivity contribution in [2.45, 2.75) is 156 Å². The molecule has 0 rings (SSSR count). The van der Waals surface area contributed by atoms with Crippen molar-refractivity contribution in [2.24, 2.45) is 0 Å². The molecule has 0 unspecified atom stereocenters. The Morgan fingerprint density at radius 1 is 0.300 bits per heavy atom. The summed E-state index contributed by atoms with van der Waals surface area (Å²) < 4.78 is 1.46. The first-order valence-electron chi connectivity index (χ1n) is 14.1. The van der Waals surface area contributed by atoms with Gasteiger partial charge in [0.15, 0.2) is 0 Å². The van der Waals surface area contributed by atoms with Gasteiger partial charge < -0.3 is 28.5 Å². The maximum atomic E-state index is 2.36. The van der Waals surface area contributed by atoms with Crippen LogP contribution in [0.3, 0.4) is 0 Å². The molecule has 0 aliphatic carbocycles. The molecule has 0 radical (unpaired) electrons. The minimum atomic E-state index is 0. The average molecular weight is 538 g/mol. The summed E-state index contributed by atoms with van der Waals surface area (Å²) >= 11 is 0. The van der Waals surface area contributed by atoms with E-state index in [9.17, 15) is 0 Å². The Labute approximate surface area is 210 Å². The highest BCUT2D eigenvalue weighted by Crippen LogP contribution is 2.20. The summed E-state index contributed by atoms with van der Waals surface area (Å²) in [5.41, 5.74) is 0. The topological polar surface area (TPSA) is 0 Å². The molecule has 0 bridgehead atoms. The molecule has 0 aromatic heterocycles. The van der Waals surface area contributed by atoms with Crippen molar-refractivity contribution in [1.82, 2.24) is 0 Å². The summed E-state index contributed by atoms with van der Waals surface area (Å²) in [7, 11) is 0. The summed E-state index contributed by atoms with van der Waals surface area (Å²) in [6.07, 6.45) is 28.8. The van der Waals surface area contributed by atoms with Crippen LogP contribution in [0.1, 0.15) is 156 Å². The first-order valence-corrected chi connectivity index (χ1v) is 14.1. The van der Waals surface area contributed by atoms with Gasteiger partial charge in [-0.25, -0.2) is 0 Å². The molecule has 0 heterocycles.